The van der Waals surface area contributed by atoms with E-state index in [1.165, 1.54) is 6.42 Å². The Bertz CT molecular complexity index is 309. The highest BCUT2D eigenvalue weighted by atomic mass is 16.5. The molecule has 0 aromatic rings. The Labute approximate surface area is 104 Å². The molecule has 1 saturated carbocycles. The van der Waals surface area contributed by atoms with Gasteiger partial charge in [0.25, 0.3) is 0 Å². The van der Waals surface area contributed by atoms with Crippen LogP contribution in [0, 0.1) is 11.3 Å². The van der Waals surface area contributed by atoms with Gasteiger partial charge in [-0.3, -0.25) is 0 Å². The molecule has 0 aromatic heterocycles. The third kappa shape index (κ3) is 1.45. The van der Waals surface area contributed by atoms with E-state index >= 15 is 0 Å². The predicted molar refractivity (Wildman–Crippen MR) is 66.6 cm³/mol. The van der Waals surface area contributed by atoms with Gasteiger partial charge >= 0.3 is 0 Å². The van der Waals surface area contributed by atoms with Crippen molar-refractivity contribution in [1.29, 1.82) is 0 Å². The molecule has 5 atom stereocenters. The summed E-state index contributed by atoms with van der Waals surface area (Å²) >= 11 is 0. The van der Waals surface area contributed by atoms with Crippen molar-refractivity contribution < 1.29 is 9.84 Å². The van der Waals surface area contributed by atoms with Gasteiger partial charge in [-0.1, -0.05) is 19.8 Å². The Kier molecular flexibility index (Phi) is 2.77. The second kappa shape index (κ2) is 3.94. The van der Waals surface area contributed by atoms with Gasteiger partial charge in [-0.15, -0.1) is 0 Å². The van der Waals surface area contributed by atoms with E-state index in [2.05, 4.69) is 6.92 Å². The zero-order valence-electron chi connectivity index (χ0n) is 10.8. The summed E-state index contributed by atoms with van der Waals surface area (Å²) in [6.45, 7) is 2.78. The molecule has 3 fully saturated rings. The minimum absolute atomic E-state index is 0.157. The lowest BCUT2D eigenvalue weighted by atomic mass is 9.55. The normalized spacial score (nSPS) is 54.2. The van der Waals surface area contributed by atoms with Gasteiger partial charge in [0, 0.05) is 12.0 Å². The van der Waals surface area contributed by atoms with Crippen LogP contribution in [0.15, 0.2) is 0 Å². The molecule has 0 spiro atoms. The highest BCUT2D eigenvalue weighted by Crippen LogP contribution is 2.58. The Hall–Kier alpha value is -0.120. The summed E-state index contributed by atoms with van der Waals surface area (Å²) in [6, 6.07) is 0. The zero-order valence-corrected chi connectivity index (χ0v) is 10.8. The van der Waals surface area contributed by atoms with Gasteiger partial charge in [0.05, 0.1) is 17.8 Å². The lowest BCUT2D eigenvalue weighted by Crippen LogP contribution is -2.61. The van der Waals surface area contributed by atoms with Gasteiger partial charge in [-0.05, 0) is 38.0 Å². The second-order valence-electron chi connectivity index (χ2n) is 6.46. The molecule has 2 heterocycles. The molecule has 2 aliphatic heterocycles. The lowest BCUT2D eigenvalue weighted by molar-refractivity contribution is -0.160. The number of nitrogens with two attached hydrogens (primary N) is 1. The highest BCUT2D eigenvalue weighted by molar-refractivity contribution is 5.13. The van der Waals surface area contributed by atoms with E-state index in [1.54, 1.807) is 0 Å². The van der Waals surface area contributed by atoms with Gasteiger partial charge in [0.1, 0.15) is 0 Å². The Morgan fingerprint density at radius 2 is 2.12 bits per heavy atom. The van der Waals surface area contributed by atoms with Crippen LogP contribution < -0.4 is 5.73 Å². The third-order valence-electron chi connectivity index (χ3n) is 5.80. The maximum Gasteiger partial charge on any atom is 0.0767 e. The second-order valence-corrected chi connectivity index (χ2v) is 6.46. The minimum Gasteiger partial charge on any atom is -0.389 e. The van der Waals surface area contributed by atoms with Crippen LogP contribution in [-0.2, 0) is 4.74 Å². The van der Waals surface area contributed by atoms with Crippen molar-refractivity contribution in [2.24, 2.45) is 17.1 Å². The number of aliphatic hydroxyl groups is 1. The molecule has 0 aromatic carbocycles. The number of rotatable bonds is 2. The largest absolute Gasteiger partial charge is 0.389 e. The van der Waals surface area contributed by atoms with Gasteiger partial charge in [-0.25, -0.2) is 0 Å². The number of hydrogen-bond acceptors (Lipinski definition) is 3. The maximum atomic E-state index is 11.3. The molecule has 3 N–H and O–H groups in total. The van der Waals surface area contributed by atoms with Crippen LogP contribution in [-0.4, -0.2) is 29.5 Å². The van der Waals surface area contributed by atoms with Gasteiger partial charge in [-0.2, -0.15) is 0 Å². The van der Waals surface area contributed by atoms with E-state index in [-0.39, 0.29) is 11.5 Å². The standard InChI is InChI=1S/C14H25NO2/c1-10-4-2-3-7-14(10,16)13(9-15)8-11-5-6-12(13)17-11/h10-12,16H,2-9,15H2,1H3. The number of hydrogen-bond donors (Lipinski definition) is 2. The minimum atomic E-state index is -0.583. The molecule has 3 aliphatic rings. The van der Waals surface area contributed by atoms with Gasteiger partial charge < -0.3 is 15.6 Å². The number of ether oxygens (including phenoxy) is 1. The fourth-order valence-corrected chi connectivity index (χ4v) is 4.72. The zero-order chi connectivity index (χ0) is 12.1. The van der Waals surface area contributed by atoms with Crippen LogP contribution in [0.5, 0.6) is 0 Å². The van der Waals surface area contributed by atoms with Crippen molar-refractivity contribution >= 4 is 0 Å². The molecule has 1 aliphatic carbocycles. The molecule has 2 saturated heterocycles. The van der Waals surface area contributed by atoms with Crippen molar-refractivity contribution in [2.45, 2.75) is 69.7 Å². The molecule has 3 rings (SSSR count). The molecule has 5 unspecified atom stereocenters. The van der Waals surface area contributed by atoms with Crippen LogP contribution in [0.3, 0.4) is 0 Å². The smallest absolute Gasteiger partial charge is 0.0767 e. The fourth-order valence-electron chi connectivity index (χ4n) is 4.72. The van der Waals surface area contributed by atoms with Gasteiger partial charge in [0.15, 0.2) is 0 Å². The topological polar surface area (TPSA) is 55.5 Å². The molecule has 17 heavy (non-hydrogen) atoms. The van der Waals surface area contributed by atoms with E-state index < -0.39 is 5.60 Å². The summed E-state index contributed by atoms with van der Waals surface area (Å²) in [6.07, 6.45) is 8.25. The van der Waals surface area contributed by atoms with Crippen LogP contribution in [0.2, 0.25) is 0 Å². The van der Waals surface area contributed by atoms with Crippen molar-refractivity contribution in [3.05, 3.63) is 0 Å². The maximum absolute atomic E-state index is 11.3. The van der Waals surface area contributed by atoms with Gasteiger partial charge in [0.2, 0.25) is 0 Å². The van der Waals surface area contributed by atoms with E-state index in [9.17, 15) is 5.11 Å². The first-order chi connectivity index (χ1) is 8.12. The van der Waals surface area contributed by atoms with Crippen molar-refractivity contribution in [3.63, 3.8) is 0 Å². The van der Waals surface area contributed by atoms with Crippen LogP contribution in [0.1, 0.15) is 51.9 Å². The third-order valence-corrected chi connectivity index (χ3v) is 5.80. The summed E-state index contributed by atoms with van der Waals surface area (Å²) in [4.78, 5) is 0. The lowest BCUT2D eigenvalue weighted by Gasteiger charge is -2.53. The Morgan fingerprint density at radius 1 is 1.29 bits per heavy atom. The summed E-state index contributed by atoms with van der Waals surface area (Å²) < 4.78 is 6.01. The van der Waals surface area contributed by atoms with E-state index in [0.717, 1.165) is 38.5 Å². The van der Waals surface area contributed by atoms with Crippen molar-refractivity contribution in [1.82, 2.24) is 0 Å². The molecule has 3 nitrogen and oxygen atoms in total. The van der Waals surface area contributed by atoms with E-state index in [0.29, 0.717) is 18.6 Å². The molecular weight excluding hydrogens is 214 g/mol. The summed E-state index contributed by atoms with van der Waals surface area (Å²) in [5.74, 6) is 0.364. The van der Waals surface area contributed by atoms with Crippen LogP contribution in [0.25, 0.3) is 0 Å². The van der Waals surface area contributed by atoms with Crippen molar-refractivity contribution in [3.8, 4) is 0 Å². The first kappa shape index (κ1) is 11.9. The molecular formula is C14H25NO2. The average Bonchev–Trinajstić information content (AvgIpc) is 2.93. The fraction of sp³-hybridized carbons (Fsp3) is 1.00. The predicted octanol–water partition coefficient (Wildman–Crippen LogP) is 1.82. The molecule has 98 valence electrons. The van der Waals surface area contributed by atoms with Crippen LogP contribution >= 0.6 is 0 Å². The molecule has 0 radical (unpaired) electrons. The monoisotopic (exact) mass is 239 g/mol. The number of fused-ring (bicyclic) bond motifs is 2. The Balaban J connectivity index is 1.94. The molecule has 0 amide bonds. The molecule has 2 bridgehead atoms. The summed E-state index contributed by atoms with van der Waals surface area (Å²) in [7, 11) is 0. The van der Waals surface area contributed by atoms with E-state index in [1.807, 2.05) is 0 Å². The van der Waals surface area contributed by atoms with E-state index in [4.69, 9.17) is 10.5 Å². The Morgan fingerprint density at radius 3 is 2.65 bits per heavy atom. The van der Waals surface area contributed by atoms with Crippen molar-refractivity contribution in [2.75, 3.05) is 6.54 Å². The summed E-state index contributed by atoms with van der Waals surface area (Å²) in [5, 5.41) is 11.3. The first-order valence-electron chi connectivity index (χ1n) is 7.20. The highest BCUT2D eigenvalue weighted by Gasteiger charge is 2.63. The first-order valence-corrected chi connectivity index (χ1v) is 7.20. The van der Waals surface area contributed by atoms with Crippen LogP contribution in [0.4, 0.5) is 0 Å². The quantitative estimate of drug-likeness (QED) is 0.773. The summed E-state index contributed by atoms with van der Waals surface area (Å²) in [5.41, 5.74) is 5.35. The average molecular weight is 239 g/mol. The SMILES string of the molecule is CC1CCCCC1(O)C1(CN)CC2CCC1O2. The molecule has 3 heteroatoms.